The van der Waals surface area contributed by atoms with Crippen molar-refractivity contribution in [2.45, 2.75) is 39.0 Å². The molecule has 0 aliphatic rings. The van der Waals surface area contributed by atoms with Crippen molar-refractivity contribution in [1.82, 2.24) is 0 Å². The Labute approximate surface area is 104 Å². The lowest BCUT2D eigenvalue weighted by Crippen LogP contribution is -2.42. The molecule has 0 saturated carbocycles. The molecule has 100 valence electrons. The van der Waals surface area contributed by atoms with Gasteiger partial charge in [-0.1, -0.05) is 19.8 Å². The first-order valence-corrected chi connectivity index (χ1v) is 6.29. The molecule has 0 aliphatic carbocycles. The Balaban J connectivity index is 3.98. The zero-order valence-corrected chi connectivity index (χ0v) is 11.3. The van der Waals surface area contributed by atoms with Crippen molar-refractivity contribution in [2.24, 2.45) is 0 Å². The molecular weight excluding hydrogens is 218 g/mol. The van der Waals surface area contributed by atoms with Gasteiger partial charge in [0.05, 0.1) is 27.1 Å². The Kier molecular flexibility index (Phi) is 7.63. The van der Waals surface area contributed by atoms with Crippen LogP contribution in [0.4, 0.5) is 0 Å². The number of carboxylic acids is 1. The number of aliphatic hydroxyl groups excluding tert-OH is 1. The summed E-state index contributed by atoms with van der Waals surface area (Å²) in [6, 6.07) is 0. The number of carboxylic acid groups (broad SMARTS) is 1. The number of allylic oxidation sites excluding steroid dienone is 1. The van der Waals surface area contributed by atoms with Crippen LogP contribution in [-0.4, -0.2) is 47.9 Å². The molecule has 0 rings (SSSR count). The zero-order chi connectivity index (χ0) is 13.3. The van der Waals surface area contributed by atoms with E-state index in [9.17, 15) is 9.90 Å². The average Bonchev–Trinajstić information content (AvgIpc) is 2.21. The van der Waals surface area contributed by atoms with Gasteiger partial charge in [-0.2, -0.15) is 0 Å². The lowest BCUT2D eigenvalue weighted by molar-refractivity contribution is -0.886. The molecule has 0 atom stereocenters. The summed E-state index contributed by atoms with van der Waals surface area (Å²) in [6.45, 7) is 3.18. The Morgan fingerprint density at radius 3 is 2.41 bits per heavy atom. The highest BCUT2D eigenvalue weighted by atomic mass is 16.4. The fourth-order valence-corrected chi connectivity index (χ4v) is 1.64. The Morgan fingerprint density at radius 2 is 1.88 bits per heavy atom. The van der Waals surface area contributed by atoms with Gasteiger partial charge >= 0.3 is 5.97 Å². The van der Waals surface area contributed by atoms with E-state index in [1.165, 1.54) is 12.8 Å². The van der Waals surface area contributed by atoms with E-state index in [4.69, 9.17) is 5.11 Å². The van der Waals surface area contributed by atoms with E-state index < -0.39 is 5.97 Å². The number of carbonyl (C=O) groups is 1. The molecular formula is C13H26NO3+. The molecule has 0 spiro atoms. The molecule has 2 N–H and O–H groups in total. The van der Waals surface area contributed by atoms with Crippen LogP contribution in [0.3, 0.4) is 0 Å². The van der Waals surface area contributed by atoms with Crippen LogP contribution >= 0.6 is 0 Å². The second-order valence-corrected chi connectivity index (χ2v) is 5.15. The van der Waals surface area contributed by atoms with Crippen LogP contribution in [0.25, 0.3) is 0 Å². The monoisotopic (exact) mass is 244 g/mol. The quantitative estimate of drug-likeness (QED) is 0.372. The van der Waals surface area contributed by atoms with Crippen molar-refractivity contribution in [2.75, 3.05) is 27.2 Å². The largest absolute Gasteiger partial charge is 0.507 e. The summed E-state index contributed by atoms with van der Waals surface area (Å²) in [5.41, 5.74) is 0. The zero-order valence-electron chi connectivity index (χ0n) is 11.3. The maximum atomic E-state index is 10.5. The number of unbranched alkanes of at least 4 members (excludes halogenated alkanes) is 3. The van der Waals surface area contributed by atoms with Crippen molar-refractivity contribution >= 4 is 5.97 Å². The summed E-state index contributed by atoms with van der Waals surface area (Å²) in [5.74, 6) is -0.417. The molecule has 0 heterocycles. The molecule has 0 saturated heterocycles. The first kappa shape index (κ1) is 16.0. The lowest BCUT2D eigenvalue weighted by atomic mass is 10.2. The van der Waals surface area contributed by atoms with Gasteiger partial charge in [-0.3, -0.25) is 4.79 Å². The number of quaternary nitrogens is 1. The molecule has 4 nitrogen and oxygen atoms in total. The van der Waals surface area contributed by atoms with Gasteiger partial charge in [0.15, 0.2) is 0 Å². The highest BCUT2D eigenvalue weighted by Gasteiger charge is 2.18. The van der Waals surface area contributed by atoms with Gasteiger partial charge in [-0.25, -0.2) is 0 Å². The maximum Gasteiger partial charge on any atom is 0.309 e. The lowest BCUT2D eigenvalue weighted by Gasteiger charge is -2.28. The molecule has 0 radical (unpaired) electrons. The predicted octanol–water partition coefficient (Wildman–Crippen LogP) is 2.56. The first-order chi connectivity index (χ1) is 7.87. The summed E-state index contributed by atoms with van der Waals surface area (Å²) in [4.78, 5) is 10.5. The van der Waals surface area contributed by atoms with E-state index in [1.54, 1.807) is 0 Å². The highest BCUT2D eigenvalue weighted by Crippen LogP contribution is 2.07. The third kappa shape index (κ3) is 9.87. The summed E-state index contributed by atoms with van der Waals surface area (Å²) in [5, 5.41) is 18.4. The number of aliphatic carboxylic acids is 1. The minimum Gasteiger partial charge on any atom is -0.507 e. The molecule has 0 aromatic rings. The highest BCUT2D eigenvalue weighted by molar-refractivity contribution is 5.66. The van der Waals surface area contributed by atoms with Gasteiger partial charge in [0, 0.05) is 0 Å². The third-order valence-corrected chi connectivity index (χ3v) is 2.71. The number of rotatable bonds is 9. The number of aliphatic hydroxyl groups is 1. The summed E-state index contributed by atoms with van der Waals surface area (Å²) in [7, 11) is 3.86. The number of nitrogens with zero attached hydrogens (tertiary/aromatic N) is 1. The first-order valence-electron chi connectivity index (χ1n) is 6.29. The van der Waals surface area contributed by atoms with Crippen LogP contribution in [0.2, 0.25) is 0 Å². The molecule has 0 amide bonds. The van der Waals surface area contributed by atoms with Gasteiger partial charge in [0.25, 0.3) is 0 Å². The second-order valence-electron chi connectivity index (χ2n) is 5.15. The fourth-order valence-electron chi connectivity index (χ4n) is 1.64. The molecule has 4 heteroatoms. The van der Waals surface area contributed by atoms with Crippen LogP contribution in [-0.2, 0) is 4.79 Å². The number of likely N-dealkylation sites (N-methyl/N-ethyl adjacent to an activating group) is 1. The minimum absolute atomic E-state index is 0.135. The summed E-state index contributed by atoms with van der Waals surface area (Å²) >= 11 is 0. The SMILES string of the molecule is CCCCC/C=C(\O)C[N+](C)(C)CCC(=O)O. The maximum absolute atomic E-state index is 10.5. The molecule has 0 unspecified atom stereocenters. The van der Waals surface area contributed by atoms with Gasteiger partial charge in [-0.15, -0.1) is 0 Å². The molecule has 0 aromatic carbocycles. The van der Waals surface area contributed by atoms with Crippen LogP contribution in [0, 0.1) is 0 Å². The summed E-state index contributed by atoms with van der Waals surface area (Å²) < 4.78 is 0.502. The van der Waals surface area contributed by atoms with E-state index in [1.807, 2.05) is 20.2 Å². The van der Waals surface area contributed by atoms with Crippen molar-refractivity contribution in [3.63, 3.8) is 0 Å². The minimum atomic E-state index is -0.789. The van der Waals surface area contributed by atoms with Gasteiger partial charge in [0.2, 0.25) is 0 Å². The van der Waals surface area contributed by atoms with Crippen LogP contribution < -0.4 is 0 Å². The van der Waals surface area contributed by atoms with Crippen LogP contribution in [0.5, 0.6) is 0 Å². The predicted molar refractivity (Wildman–Crippen MR) is 68.9 cm³/mol. The molecule has 17 heavy (non-hydrogen) atoms. The Bertz CT molecular complexity index is 259. The Morgan fingerprint density at radius 1 is 1.24 bits per heavy atom. The van der Waals surface area contributed by atoms with E-state index in [2.05, 4.69) is 6.92 Å². The molecule has 0 aliphatic heterocycles. The number of hydrogen-bond acceptors (Lipinski definition) is 2. The van der Waals surface area contributed by atoms with Crippen molar-refractivity contribution < 1.29 is 19.5 Å². The molecule has 0 aromatic heterocycles. The van der Waals surface area contributed by atoms with Crippen molar-refractivity contribution in [3.05, 3.63) is 11.8 Å². The van der Waals surface area contributed by atoms with E-state index in [0.717, 1.165) is 12.8 Å². The van der Waals surface area contributed by atoms with Crippen LogP contribution in [0.1, 0.15) is 39.0 Å². The average molecular weight is 244 g/mol. The normalized spacial score (nSPS) is 12.8. The second kappa shape index (κ2) is 8.12. The molecule has 0 fully saturated rings. The summed E-state index contributed by atoms with van der Waals surface area (Å²) in [6.07, 6.45) is 6.35. The van der Waals surface area contributed by atoms with Crippen molar-refractivity contribution in [3.8, 4) is 0 Å². The standard InChI is InChI=1S/C13H25NO3/c1-4-5-6-7-8-12(15)11-14(2,3)10-9-13(16)17/h8H,4-7,9-11H2,1-3H3,(H-,15,16,17)/p+1/b12-8-. The van der Waals surface area contributed by atoms with Gasteiger partial charge in [0.1, 0.15) is 12.3 Å². The van der Waals surface area contributed by atoms with E-state index in [-0.39, 0.29) is 6.42 Å². The Hall–Kier alpha value is -1.03. The topological polar surface area (TPSA) is 57.5 Å². The van der Waals surface area contributed by atoms with Gasteiger partial charge in [-0.05, 0) is 18.9 Å². The number of hydrogen-bond donors (Lipinski definition) is 2. The van der Waals surface area contributed by atoms with Gasteiger partial charge < -0.3 is 14.7 Å². The smallest absolute Gasteiger partial charge is 0.309 e. The van der Waals surface area contributed by atoms with Crippen LogP contribution in [0.15, 0.2) is 11.8 Å². The molecule has 0 bridgehead atoms. The van der Waals surface area contributed by atoms with E-state index in [0.29, 0.717) is 23.3 Å². The van der Waals surface area contributed by atoms with Crippen molar-refractivity contribution in [1.29, 1.82) is 0 Å². The third-order valence-electron chi connectivity index (χ3n) is 2.71. The van der Waals surface area contributed by atoms with E-state index >= 15 is 0 Å². The fraction of sp³-hybridized carbons (Fsp3) is 0.769.